The van der Waals surface area contributed by atoms with Crippen molar-refractivity contribution in [3.8, 4) is 0 Å². The molecule has 0 spiro atoms. The van der Waals surface area contributed by atoms with Crippen molar-refractivity contribution in [1.29, 1.82) is 0 Å². The van der Waals surface area contributed by atoms with E-state index in [1.54, 1.807) is 12.3 Å². The van der Waals surface area contributed by atoms with Gasteiger partial charge in [0.05, 0.1) is 10.6 Å². The number of anilines is 1. The minimum absolute atomic E-state index is 0.00727. The molecule has 0 unspecified atom stereocenters. The average Bonchev–Trinajstić information content (AvgIpc) is 2.56. The molecule has 1 aromatic heterocycles. The van der Waals surface area contributed by atoms with Gasteiger partial charge in [0, 0.05) is 32.9 Å². The van der Waals surface area contributed by atoms with Crippen LogP contribution >= 0.6 is 11.3 Å². The molecule has 0 aromatic carbocycles. The molecule has 1 N–H and O–H groups in total. The van der Waals surface area contributed by atoms with Crippen LogP contribution in [0.3, 0.4) is 0 Å². The molecule has 0 saturated carbocycles. The number of allylic oxidation sites excluding steroid dienone is 1. The number of thiazole rings is 1. The summed E-state index contributed by atoms with van der Waals surface area (Å²) in [5.41, 5.74) is 0.786. The van der Waals surface area contributed by atoms with Crippen molar-refractivity contribution in [3.05, 3.63) is 22.8 Å². The molecule has 1 aromatic rings. The molecular weight excluding hydrogens is 222 g/mol. The van der Waals surface area contributed by atoms with Crippen LogP contribution in [0, 0.1) is 6.92 Å². The second kappa shape index (κ2) is 5.65. The molecule has 0 aliphatic carbocycles. The smallest absolute Gasteiger partial charge is 0.199 e. The standard InChI is InChI=1S/C11H17N3OS/c1-5-12-11-13-8(2)10(16-11)9(15)6-7-14(3)4/h6-7H,5H2,1-4H3,(H,12,13). The van der Waals surface area contributed by atoms with Gasteiger partial charge in [0.1, 0.15) is 0 Å². The fourth-order valence-electron chi connectivity index (χ4n) is 1.14. The summed E-state index contributed by atoms with van der Waals surface area (Å²) in [6.07, 6.45) is 3.31. The number of carbonyl (C=O) groups is 1. The predicted octanol–water partition coefficient (Wildman–Crippen LogP) is 2.14. The van der Waals surface area contributed by atoms with Crippen LogP contribution in [0.2, 0.25) is 0 Å². The summed E-state index contributed by atoms with van der Waals surface area (Å²) in [6.45, 7) is 4.67. The van der Waals surface area contributed by atoms with E-state index in [0.717, 1.165) is 17.4 Å². The van der Waals surface area contributed by atoms with Crippen LogP contribution in [-0.4, -0.2) is 36.3 Å². The summed E-state index contributed by atoms with van der Waals surface area (Å²) >= 11 is 1.40. The van der Waals surface area contributed by atoms with Crippen molar-refractivity contribution >= 4 is 22.3 Å². The normalized spacial score (nSPS) is 10.8. The first-order chi connectivity index (χ1) is 7.54. The van der Waals surface area contributed by atoms with Crippen molar-refractivity contribution in [2.24, 2.45) is 0 Å². The van der Waals surface area contributed by atoms with Gasteiger partial charge in [-0.3, -0.25) is 4.79 Å². The molecule has 0 amide bonds. The van der Waals surface area contributed by atoms with E-state index in [0.29, 0.717) is 4.88 Å². The van der Waals surface area contributed by atoms with Crippen LogP contribution in [-0.2, 0) is 0 Å². The Labute approximate surface area is 100.0 Å². The monoisotopic (exact) mass is 239 g/mol. The molecule has 0 saturated heterocycles. The van der Waals surface area contributed by atoms with Crippen molar-refractivity contribution in [2.45, 2.75) is 13.8 Å². The van der Waals surface area contributed by atoms with Crippen LogP contribution in [0.25, 0.3) is 0 Å². The Morgan fingerprint density at radius 3 is 2.81 bits per heavy atom. The molecule has 0 bridgehead atoms. The van der Waals surface area contributed by atoms with E-state index in [1.165, 1.54) is 11.3 Å². The van der Waals surface area contributed by atoms with Gasteiger partial charge in [-0.15, -0.1) is 0 Å². The van der Waals surface area contributed by atoms with Gasteiger partial charge in [-0.2, -0.15) is 0 Å². The van der Waals surface area contributed by atoms with Crippen LogP contribution in [0.1, 0.15) is 22.3 Å². The lowest BCUT2D eigenvalue weighted by atomic mass is 10.3. The maximum absolute atomic E-state index is 11.8. The quantitative estimate of drug-likeness (QED) is 0.631. The van der Waals surface area contributed by atoms with Crippen molar-refractivity contribution in [2.75, 3.05) is 26.0 Å². The largest absolute Gasteiger partial charge is 0.383 e. The molecule has 0 radical (unpaired) electrons. The summed E-state index contributed by atoms with van der Waals surface area (Å²) in [7, 11) is 3.76. The first-order valence-corrected chi connectivity index (χ1v) is 5.96. The Morgan fingerprint density at radius 1 is 1.56 bits per heavy atom. The van der Waals surface area contributed by atoms with E-state index in [2.05, 4.69) is 10.3 Å². The highest BCUT2D eigenvalue weighted by Gasteiger charge is 2.12. The van der Waals surface area contributed by atoms with E-state index >= 15 is 0 Å². The third-order valence-electron chi connectivity index (χ3n) is 1.87. The lowest BCUT2D eigenvalue weighted by Crippen LogP contribution is -2.02. The van der Waals surface area contributed by atoms with Crippen molar-refractivity contribution < 1.29 is 4.79 Å². The molecule has 1 heterocycles. The first-order valence-electron chi connectivity index (χ1n) is 5.14. The fourth-order valence-corrected chi connectivity index (χ4v) is 2.10. The van der Waals surface area contributed by atoms with Gasteiger partial charge in [-0.1, -0.05) is 11.3 Å². The molecule has 0 aliphatic rings. The molecule has 88 valence electrons. The van der Waals surface area contributed by atoms with Crippen LogP contribution < -0.4 is 5.32 Å². The van der Waals surface area contributed by atoms with E-state index in [9.17, 15) is 4.79 Å². The lowest BCUT2D eigenvalue weighted by molar-refractivity contribution is 0.104. The van der Waals surface area contributed by atoms with Gasteiger partial charge in [0.2, 0.25) is 0 Å². The average molecular weight is 239 g/mol. The second-order valence-corrected chi connectivity index (χ2v) is 4.61. The summed E-state index contributed by atoms with van der Waals surface area (Å²) in [6, 6.07) is 0. The van der Waals surface area contributed by atoms with Gasteiger partial charge >= 0.3 is 0 Å². The van der Waals surface area contributed by atoms with Gasteiger partial charge in [-0.25, -0.2) is 4.98 Å². The number of rotatable bonds is 5. The number of hydrogen-bond donors (Lipinski definition) is 1. The third-order valence-corrected chi connectivity index (χ3v) is 3.00. The minimum atomic E-state index is 0.00727. The number of nitrogens with one attached hydrogen (secondary N) is 1. The molecule has 16 heavy (non-hydrogen) atoms. The Hall–Kier alpha value is -1.36. The molecule has 0 fully saturated rings. The maximum Gasteiger partial charge on any atom is 0.199 e. The van der Waals surface area contributed by atoms with Gasteiger partial charge in [0.25, 0.3) is 0 Å². The Morgan fingerprint density at radius 2 is 2.25 bits per heavy atom. The third kappa shape index (κ3) is 3.34. The Bertz CT molecular complexity index is 396. The molecule has 1 rings (SSSR count). The zero-order valence-electron chi connectivity index (χ0n) is 10.1. The predicted molar refractivity (Wildman–Crippen MR) is 68.2 cm³/mol. The number of carbonyl (C=O) groups excluding carboxylic acids is 1. The van der Waals surface area contributed by atoms with E-state index in [-0.39, 0.29) is 5.78 Å². The summed E-state index contributed by atoms with van der Waals surface area (Å²) in [5.74, 6) is 0.00727. The van der Waals surface area contributed by atoms with Gasteiger partial charge < -0.3 is 10.2 Å². The van der Waals surface area contributed by atoms with Crippen LogP contribution in [0.15, 0.2) is 12.3 Å². The number of hydrogen-bond acceptors (Lipinski definition) is 5. The van der Waals surface area contributed by atoms with E-state index < -0.39 is 0 Å². The number of aryl methyl sites for hydroxylation is 1. The Balaban J connectivity index is 2.83. The molecule has 5 heteroatoms. The van der Waals surface area contributed by atoms with Crippen LogP contribution in [0.5, 0.6) is 0 Å². The van der Waals surface area contributed by atoms with Crippen LogP contribution in [0.4, 0.5) is 5.13 Å². The highest BCUT2D eigenvalue weighted by Crippen LogP contribution is 2.23. The lowest BCUT2D eigenvalue weighted by Gasteiger charge is -2.01. The fraction of sp³-hybridized carbons (Fsp3) is 0.455. The molecular formula is C11H17N3OS. The van der Waals surface area contributed by atoms with Crippen molar-refractivity contribution in [3.63, 3.8) is 0 Å². The van der Waals surface area contributed by atoms with Gasteiger partial charge in [-0.05, 0) is 13.8 Å². The number of nitrogens with zero attached hydrogens (tertiary/aromatic N) is 2. The zero-order chi connectivity index (χ0) is 12.1. The van der Waals surface area contributed by atoms with E-state index in [4.69, 9.17) is 0 Å². The molecule has 0 atom stereocenters. The minimum Gasteiger partial charge on any atom is -0.383 e. The number of ketones is 1. The highest BCUT2D eigenvalue weighted by molar-refractivity contribution is 7.17. The SMILES string of the molecule is CCNc1nc(C)c(C(=O)C=CN(C)C)s1. The maximum atomic E-state index is 11.8. The first kappa shape index (κ1) is 12.7. The van der Waals surface area contributed by atoms with Gasteiger partial charge in [0.15, 0.2) is 10.9 Å². The highest BCUT2D eigenvalue weighted by atomic mass is 32.1. The topological polar surface area (TPSA) is 45.2 Å². The summed E-state index contributed by atoms with van der Waals surface area (Å²) < 4.78 is 0. The molecule has 0 aliphatic heterocycles. The summed E-state index contributed by atoms with van der Waals surface area (Å²) in [4.78, 5) is 18.6. The Kier molecular flexibility index (Phi) is 4.49. The second-order valence-electron chi connectivity index (χ2n) is 3.61. The molecule has 4 nitrogen and oxygen atoms in total. The van der Waals surface area contributed by atoms with Crippen molar-refractivity contribution in [1.82, 2.24) is 9.88 Å². The zero-order valence-corrected chi connectivity index (χ0v) is 10.9. The van der Waals surface area contributed by atoms with E-state index in [1.807, 2.05) is 32.8 Å². The number of aromatic nitrogens is 1. The summed E-state index contributed by atoms with van der Waals surface area (Å²) in [5, 5.41) is 3.92.